The number of nitrogens with zero attached hydrogens (tertiary/aromatic N) is 2. The van der Waals surface area contributed by atoms with E-state index in [4.69, 9.17) is 20.8 Å². The predicted molar refractivity (Wildman–Crippen MR) is 76.8 cm³/mol. The van der Waals surface area contributed by atoms with Crippen molar-refractivity contribution in [2.45, 2.75) is 33.4 Å². The number of hydrogen-bond donors (Lipinski definition) is 1. The Bertz CT molecular complexity index is 557. The Morgan fingerprint density at radius 3 is 2.75 bits per heavy atom. The summed E-state index contributed by atoms with van der Waals surface area (Å²) in [5.74, 6) is 1.72. The van der Waals surface area contributed by atoms with Gasteiger partial charge in [0.2, 0.25) is 5.89 Å². The van der Waals surface area contributed by atoms with E-state index in [2.05, 4.69) is 22.4 Å². The highest BCUT2D eigenvalue weighted by Gasteiger charge is 2.11. The Morgan fingerprint density at radius 2 is 2.05 bits per heavy atom. The van der Waals surface area contributed by atoms with Crippen molar-refractivity contribution in [1.82, 2.24) is 15.5 Å². The zero-order valence-corrected chi connectivity index (χ0v) is 12.4. The van der Waals surface area contributed by atoms with Gasteiger partial charge in [-0.3, -0.25) is 0 Å². The summed E-state index contributed by atoms with van der Waals surface area (Å²) in [4.78, 5) is 0. The van der Waals surface area contributed by atoms with Crippen molar-refractivity contribution in [2.24, 2.45) is 0 Å². The van der Waals surface area contributed by atoms with Crippen LogP contribution in [0.4, 0.5) is 0 Å². The van der Waals surface area contributed by atoms with Crippen LogP contribution in [0.15, 0.2) is 22.6 Å². The normalized spacial score (nSPS) is 10.8. The van der Waals surface area contributed by atoms with Gasteiger partial charge in [0.25, 0.3) is 5.89 Å². The number of aromatic nitrogens is 2. The number of aryl methyl sites for hydroxylation is 1. The lowest BCUT2D eigenvalue weighted by molar-refractivity contribution is 0.256. The standard InChI is InChI=1S/C14H18ClN3O2/c1-3-12-17-18-13(20-12)9-19-14-10(8-16-4-2)6-5-7-11(14)15/h5-7,16H,3-4,8-9H2,1-2H3. The molecule has 0 fully saturated rings. The van der Waals surface area contributed by atoms with Gasteiger partial charge in [-0.2, -0.15) is 0 Å². The highest BCUT2D eigenvalue weighted by atomic mass is 35.5. The topological polar surface area (TPSA) is 60.2 Å². The molecule has 20 heavy (non-hydrogen) atoms. The molecule has 0 radical (unpaired) electrons. The molecule has 2 aromatic rings. The Hall–Kier alpha value is -1.59. The van der Waals surface area contributed by atoms with Crippen molar-refractivity contribution in [2.75, 3.05) is 6.54 Å². The number of para-hydroxylation sites is 1. The average Bonchev–Trinajstić information content (AvgIpc) is 2.92. The first-order chi connectivity index (χ1) is 9.74. The van der Waals surface area contributed by atoms with Gasteiger partial charge < -0.3 is 14.5 Å². The molecule has 6 heteroatoms. The third-order valence-corrected chi connectivity index (χ3v) is 3.06. The summed E-state index contributed by atoms with van der Waals surface area (Å²) in [5.41, 5.74) is 1.01. The molecule has 5 nitrogen and oxygen atoms in total. The summed E-state index contributed by atoms with van der Waals surface area (Å²) in [6, 6.07) is 5.69. The second kappa shape index (κ2) is 7.26. The predicted octanol–water partition coefficient (Wildman–Crippen LogP) is 2.97. The van der Waals surface area contributed by atoms with Gasteiger partial charge in [0.05, 0.1) is 5.02 Å². The second-order valence-electron chi connectivity index (χ2n) is 4.24. The molecule has 0 aliphatic heterocycles. The molecule has 1 N–H and O–H groups in total. The molecule has 0 bridgehead atoms. The lowest BCUT2D eigenvalue weighted by Gasteiger charge is -2.12. The molecular weight excluding hydrogens is 278 g/mol. The first kappa shape index (κ1) is 14.8. The van der Waals surface area contributed by atoms with E-state index in [1.807, 2.05) is 19.1 Å². The average molecular weight is 296 g/mol. The molecular formula is C14H18ClN3O2. The zero-order chi connectivity index (χ0) is 14.4. The largest absolute Gasteiger partial charge is 0.482 e. The van der Waals surface area contributed by atoms with Crippen LogP contribution < -0.4 is 10.1 Å². The fourth-order valence-corrected chi connectivity index (χ4v) is 1.99. The highest BCUT2D eigenvalue weighted by Crippen LogP contribution is 2.29. The Labute approximate surface area is 123 Å². The van der Waals surface area contributed by atoms with Crippen LogP contribution in [0.3, 0.4) is 0 Å². The quantitative estimate of drug-likeness (QED) is 0.851. The van der Waals surface area contributed by atoms with Crippen molar-refractivity contribution in [1.29, 1.82) is 0 Å². The number of nitrogens with one attached hydrogen (secondary N) is 1. The SMILES string of the molecule is CCNCc1cccc(Cl)c1OCc1nnc(CC)o1. The number of hydrogen-bond acceptors (Lipinski definition) is 5. The molecule has 1 aromatic carbocycles. The zero-order valence-electron chi connectivity index (χ0n) is 11.6. The van der Waals surface area contributed by atoms with Crippen LogP contribution in [0.2, 0.25) is 5.02 Å². The monoisotopic (exact) mass is 295 g/mol. The van der Waals surface area contributed by atoms with Gasteiger partial charge >= 0.3 is 0 Å². The van der Waals surface area contributed by atoms with Crippen LogP contribution in [0.5, 0.6) is 5.75 Å². The van der Waals surface area contributed by atoms with E-state index in [0.717, 1.165) is 12.1 Å². The summed E-state index contributed by atoms with van der Waals surface area (Å²) in [6.07, 6.45) is 0.713. The molecule has 0 saturated heterocycles. The van der Waals surface area contributed by atoms with Gasteiger partial charge in [0, 0.05) is 18.5 Å². The van der Waals surface area contributed by atoms with Crippen molar-refractivity contribution in [3.63, 3.8) is 0 Å². The number of ether oxygens (including phenoxy) is 1. The number of benzene rings is 1. The molecule has 108 valence electrons. The van der Waals surface area contributed by atoms with Crippen LogP contribution in [-0.4, -0.2) is 16.7 Å². The highest BCUT2D eigenvalue weighted by molar-refractivity contribution is 6.32. The van der Waals surface area contributed by atoms with Crippen molar-refractivity contribution in [3.8, 4) is 5.75 Å². The molecule has 1 aromatic heterocycles. The van der Waals surface area contributed by atoms with Gasteiger partial charge in [-0.25, -0.2) is 0 Å². The lowest BCUT2D eigenvalue weighted by Crippen LogP contribution is -2.13. The lowest BCUT2D eigenvalue weighted by atomic mass is 10.2. The maximum absolute atomic E-state index is 6.19. The molecule has 2 rings (SSSR count). The molecule has 0 aliphatic rings. The van der Waals surface area contributed by atoms with Crippen LogP contribution >= 0.6 is 11.6 Å². The molecule has 0 spiro atoms. The Morgan fingerprint density at radius 1 is 1.25 bits per heavy atom. The third kappa shape index (κ3) is 3.71. The maximum Gasteiger partial charge on any atom is 0.253 e. The fraction of sp³-hybridized carbons (Fsp3) is 0.429. The smallest absolute Gasteiger partial charge is 0.253 e. The van der Waals surface area contributed by atoms with E-state index in [-0.39, 0.29) is 6.61 Å². The summed E-state index contributed by atoms with van der Waals surface area (Å²) in [5, 5.41) is 11.7. The number of rotatable bonds is 7. The Balaban J connectivity index is 2.07. The second-order valence-corrected chi connectivity index (χ2v) is 4.65. The summed E-state index contributed by atoms with van der Waals surface area (Å²) >= 11 is 6.19. The van der Waals surface area contributed by atoms with E-state index >= 15 is 0 Å². The minimum atomic E-state index is 0.218. The minimum absolute atomic E-state index is 0.218. The fourth-order valence-electron chi connectivity index (χ4n) is 1.74. The van der Waals surface area contributed by atoms with Crippen LogP contribution in [0, 0.1) is 0 Å². The molecule has 0 amide bonds. The van der Waals surface area contributed by atoms with Crippen molar-refractivity contribution < 1.29 is 9.15 Å². The summed E-state index contributed by atoms with van der Waals surface area (Å²) in [6.45, 7) is 5.82. The molecule has 1 heterocycles. The van der Waals surface area contributed by atoms with E-state index in [1.165, 1.54) is 0 Å². The molecule has 0 unspecified atom stereocenters. The molecule has 0 aliphatic carbocycles. The first-order valence-corrected chi connectivity index (χ1v) is 7.04. The van der Waals surface area contributed by atoms with Gasteiger partial charge in [-0.15, -0.1) is 10.2 Å². The van der Waals surface area contributed by atoms with E-state index < -0.39 is 0 Å². The van der Waals surface area contributed by atoms with E-state index in [0.29, 0.717) is 35.5 Å². The van der Waals surface area contributed by atoms with Crippen molar-refractivity contribution >= 4 is 11.6 Å². The van der Waals surface area contributed by atoms with Crippen LogP contribution in [-0.2, 0) is 19.6 Å². The number of halogens is 1. The van der Waals surface area contributed by atoms with Gasteiger partial charge in [-0.1, -0.05) is 37.6 Å². The Kier molecular flexibility index (Phi) is 5.38. The molecule has 0 saturated carbocycles. The summed E-state index contributed by atoms with van der Waals surface area (Å²) < 4.78 is 11.2. The minimum Gasteiger partial charge on any atom is -0.482 e. The van der Waals surface area contributed by atoms with Crippen LogP contribution in [0.1, 0.15) is 31.2 Å². The van der Waals surface area contributed by atoms with Crippen molar-refractivity contribution in [3.05, 3.63) is 40.6 Å². The van der Waals surface area contributed by atoms with Crippen LogP contribution in [0.25, 0.3) is 0 Å². The van der Waals surface area contributed by atoms with Gasteiger partial charge in [0.1, 0.15) is 5.75 Å². The maximum atomic E-state index is 6.19. The molecule has 0 atom stereocenters. The van der Waals surface area contributed by atoms with E-state index in [9.17, 15) is 0 Å². The van der Waals surface area contributed by atoms with Gasteiger partial charge in [-0.05, 0) is 12.6 Å². The van der Waals surface area contributed by atoms with Gasteiger partial charge in [0.15, 0.2) is 6.61 Å². The first-order valence-electron chi connectivity index (χ1n) is 6.66. The van der Waals surface area contributed by atoms with E-state index in [1.54, 1.807) is 6.07 Å². The summed E-state index contributed by atoms with van der Waals surface area (Å²) in [7, 11) is 0. The third-order valence-electron chi connectivity index (χ3n) is 2.77.